The number of hydrogen-bond donors (Lipinski definition) is 1. The minimum Gasteiger partial charge on any atom is -0.497 e. The van der Waals surface area contributed by atoms with E-state index in [0.717, 1.165) is 34.7 Å². The van der Waals surface area contributed by atoms with Gasteiger partial charge in [0.15, 0.2) is 11.5 Å². The number of methoxy groups -OCH3 is 1. The second-order valence-corrected chi connectivity index (χ2v) is 6.50. The van der Waals surface area contributed by atoms with Gasteiger partial charge in [0.25, 0.3) is 6.43 Å². The van der Waals surface area contributed by atoms with E-state index >= 15 is 0 Å². The van der Waals surface area contributed by atoms with Crippen LogP contribution in [-0.4, -0.2) is 28.7 Å². The SMILES string of the molecule is COc1ccc(C)c(C2(/C(N)=N/OC(=O)c3cc(C(F)F)n(C)n3)CC2)c1. The molecule has 7 nitrogen and oxygen atoms in total. The molecule has 27 heavy (non-hydrogen) atoms. The van der Waals surface area contributed by atoms with Gasteiger partial charge < -0.3 is 15.3 Å². The first-order valence-corrected chi connectivity index (χ1v) is 8.31. The van der Waals surface area contributed by atoms with Gasteiger partial charge in [0.05, 0.1) is 12.5 Å². The van der Waals surface area contributed by atoms with Crippen molar-refractivity contribution in [3.05, 3.63) is 46.8 Å². The van der Waals surface area contributed by atoms with Gasteiger partial charge in [0.2, 0.25) is 0 Å². The molecule has 144 valence electrons. The van der Waals surface area contributed by atoms with Gasteiger partial charge in [-0.1, -0.05) is 11.2 Å². The maximum absolute atomic E-state index is 12.8. The minimum atomic E-state index is -2.75. The van der Waals surface area contributed by atoms with E-state index in [-0.39, 0.29) is 17.2 Å². The lowest BCUT2D eigenvalue weighted by Crippen LogP contribution is -2.30. The molecule has 0 bridgehead atoms. The molecule has 9 heteroatoms. The van der Waals surface area contributed by atoms with Crippen LogP contribution in [0.1, 0.15) is 46.6 Å². The first-order valence-electron chi connectivity index (χ1n) is 8.31. The number of alkyl halides is 2. The molecule has 1 aliphatic rings. The Morgan fingerprint density at radius 3 is 2.63 bits per heavy atom. The van der Waals surface area contributed by atoms with Crippen LogP contribution in [0.5, 0.6) is 5.75 Å². The molecule has 0 aliphatic heterocycles. The third-order valence-electron chi connectivity index (χ3n) is 4.78. The fourth-order valence-corrected chi connectivity index (χ4v) is 3.04. The maximum atomic E-state index is 12.8. The van der Waals surface area contributed by atoms with E-state index in [1.165, 1.54) is 7.05 Å². The van der Waals surface area contributed by atoms with Crippen molar-refractivity contribution in [3.8, 4) is 5.75 Å². The Kier molecular flexibility index (Phi) is 4.86. The summed E-state index contributed by atoms with van der Waals surface area (Å²) < 4.78 is 31.8. The van der Waals surface area contributed by atoms with Crippen LogP contribution in [-0.2, 0) is 17.3 Å². The monoisotopic (exact) mass is 378 g/mol. The summed E-state index contributed by atoms with van der Waals surface area (Å²) in [5.74, 6) is -0.101. The van der Waals surface area contributed by atoms with E-state index in [1.54, 1.807) is 7.11 Å². The number of nitrogens with zero attached hydrogens (tertiary/aromatic N) is 3. The van der Waals surface area contributed by atoms with Gasteiger partial charge in [-0.15, -0.1) is 0 Å². The summed E-state index contributed by atoms with van der Waals surface area (Å²) in [5.41, 5.74) is 6.92. The summed E-state index contributed by atoms with van der Waals surface area (Å²) in [6.07, 6.45) is -1.23. The van der Waals surface area contributed by atoms with Crippen molar-refractivity contribution in [2.45, 2.75) is 31.6 Å². The normalized spacial score (nSPS) is 15.7. The molecule has 1 saturated carbocycles. The van der Waals surface area contributed by atoms with Gasteiger partial charge in [0, 0.05) is 13.1 Å². The first-order chi connectivity index (χ1) is 12.8. The van der Waals surface area contributed by atoms with Gasteiger partial charge in [0.1, 0.15) is 11.4 Å². The highest BCUT2D eigenvalue weighted by molar-refractivity contribution is 5.96. The molecule has 1 fully saturated rings. The lowest BCUT2D eigenvalue weighted by atomic mass is 9.90. The zero-order valence-electron chi connectivity index (χ0n) is 15.2. The molecule has 0 radical (unpaired) electrons. The smallest absolute Gasteiger partial charge is 0.385 e. The number of carbonyl (C=O) groups is 1. The van der Waals surface area contributed by atoms with Crippen LogP contribution in [0.15, 0.2) is 29.4 Å². The van der Waals surface area contributed by atoms with Crippen molar-refractivity contribution < 1.29 is 23.1 Å². The Balaban J connectivity index is 1.80. The van der Waals surface area contributed by atoms with E-state index in [0.29, 0.717) is 5.75 Å². The minimum absolute atomic E-state index is 0.150. The lowest BCUT2D eigenvalue weighted by molar-refractivity contribution is 0.0506. The van der Waals surface area contributed by atoms with E-state index in [9.17, 15) is 13.6 Å². The summed E-state index contributed by atoms with van der Waals surface area (Å²) in [5, 5.41) is 7.48. The predicted molar refractivity (Wildman–Crippen MR) is 93.8 cm³/mol. The topological polar surface area (TPSA) is 91.7 Å². The third kappa shape index (κ3) is 3.49. The number of oxime groups is 1. The van der Waals surface area contributed by atoms with Gasteiger partial charge in [-0.2, -0.15) is 5.10 Å². The molecule has 1 aromatic carbocycles. The molecule has 3 rings (SSSR count). The third-order valence-corrected chi connectivity index (χ3v) is 4.78. The molecule has 0 amide bonds. The quantitative estimate of drug-likeness (QED) is 0.361. The number of aromatic nitrogens is 2. The molecule has 0 atom stereocenters. The van der Waals surface area contributed by atoms with Gasteiger partial charge in [-0.25, -0.2) is 13.6 Å². The predicted octanol–water partition coefficient (Wildman–Crippen LogP) is 2.84. The second kappa shape index (κ2) is 6.98. The number of ether oxygens (including phenoxy) is 1. The van der Waals surface area contributed by atoms with Crippen LogP contribution in [0.25, 0.3) is 0 Å². The molecule has 0 spiro atoms. The highest BCUT2D eigenvalue weighted by Crippen LogP contribution is 2.50. The van der Waals surface area contributed by atoms with Crippen LogP contribution in [0.4, 0.5) is 8.78 Å². The van der Waals surface area contributed by atoms with Crippen molar-refractivity contribution in [1.82, 2.24) is 9.78 Å². The molecule has 2 aromatic rings. The fourth-order valence-electron chi connectivity index (χ4n) is 3.04. The summed E-state index contributed by atoms with van der Waals surface area (Å²) >= 11 is 0. The maximum Gasteiger partial charge on any atom is 0.385 e. The Morgan fingerprint density at radius 1 is 1.37 bits per heavy atom. The Bertz CT molecular complexity index is 904. The molecule has 1 aromatic heterocycles. The average Bonchev–Trinajstić information content (AvgIpc) is 3.35. The Morgan fingerprint density at radius 2 is 2.07 bits per heavy atom. The average molecular weight is 378 g/mol. The second-order valence-electron chi connectivity index (χ2n) is 6.50. The highest BCUT2D eigenvalue weighted by Gasteiger charge is 2.50. The van der Waals surface area contributed by atoms with Crippen molar-refractivity contribution in [2.24, 2.45) is 17.9 Å². The standard InChI is InChI=1S/C18H20F2N4O3/c1-10-4-5-11(26-3)8-12(10)18(6-7-18)17(21)23-27-16(25)13-9-14(15(19)20)24(2)22-13/h4-5,8-9,15H,6-7H2,1-3H3,(H2,21,23). The number of benzene rings is 1. The number of hydrogen-bond acceptors (Lipinski definition) is 5. The van der Waals surface area contributed by atoms with E-state index in [1.807, 2.05) is 25.1 Å². The number of aryl methyl sites for hydroxylation is 2. The van der Waals surface area contributed by atoms with Gasteiger partial charge in [-0.3, -0.25) is 4.68 Å². The largest absolute Gasteiger partial charge is 0.497 e. The molecule has 1 aliphatic carbocycles. The zero-order valence-corrected chi connectivity index (χ0v) is 15.2. The molecule has 0 saturated heterocycles. The van der Waals surface area contributed by atoms with E-state index in [2.05, 4.69) is 10.3 Å². The summed E-state index contributed by atoms with van der Waals surface area (Å²) in [4.78, 5) is 16.9. The molecular formula is C18H20F2N4O3. The number of amidine groups is 1. The summed E-state index contributed by atoms with van der Waals surface area (Å²) in [7, 11) is 2.90. The number of halogens is 2. The van der Waals surface area contributed by atoms with Crippen molar-refractivity contribution in [1.29, 1.82) is 0 Å². The Labute approximate surface area is 154 Å². The van der Waals surface area contributed by atoms with Crippen LogP contribution >= 0.6 is 0 Å². The van der Waals surface area contributed by atoms with Gasteiger partial charge >= 0.3 is 5.97 Å². The van der Waals surface area contributed by atoms with E-state index < -0.39 is 17.8 Å². The van der Waals surface area contributed by atoms with Crippen LogP contribution < -0.4 is 10.5 Å². The Hall–Kier alpha value is -2.97. The highest BCUT2D eigenvalue weighted by atomic mass is 19.3. The van der Waals surface area contributed by atoms with Gasteiger partial charge in [-0.05, 0) is 43.0 Å². The van der Waals surface area contributed by atoms with Crippen molar-refractivity contribution in [3.63, 3.8) is 0 Å². The van der Waals surface area contributed by atoms with Crippen LogP contribution in [0, 0.1) is 6.92 Å². The summed E-state index contributed by atoms with van der Waals surface area (Å²) in [6.45, 7) is 1.95. The molecular weight excluding hydrogens is 358 g/mol. The number of carbonyl (C=O) groups excluding carboxylic acids is 1. The summed E-state index contributed by atoms with van der Waals surface area (Å²) in [6, 6.07) is 6.63. The first kappa shape index (κ1) is 18.8. The number of rotatable bonds is 6. The molecule has 2 N–H and O–H groups in total. The molecule has 0 unspecified atom stereocenters. The molecule has 1 heterocycles. The fraction of sp³-hybridized carbons (Fsp3) is 0.389. The number of nitrogens with two attached hydrogens (primary N) is 1. The van der Waals surface area contributed by atoms with Crippen LogP contribution in [0.3, 0.4) is 0 Å². The lowest BCUT2D eigenvalue weighted by Gasteiger charge is -2.18. The van der Waals surface area contributed by atoms with E-state index in [4.69, 9.17) is 15.3 Å². The van der Waals surface area contributed by atoms with Crippen molar-refractivity contribution in [2.75, 3.05) is 7.11 Å². The zero-order chi connectivity index (χ0) is 19.8. The van der Waals surface area contributed by atoms with Crippen molar-refractivity contribution >= 4 is 11.8 Å². The van der Waals surface area contributed by atoms with Crippen LogP contribution in [0.2, 0.25) is 0 Å².